The summed E-state index contributed by atoms with van der Waals surface area (Å²) in [6.07, 6.45) is 0. The molecular formula is C11H11Cl5. The van der Waals surface area contributed by atoms with Crippen molar-refractivity contribution in [3.63, 3.8) is 0 Å². The van der Waals surface area contributed by atoms with E-state index in [4.69, 9.17) is 58.0 Å². The molecule has 1 aromatic rings. The first-order chi connectivity index (χ1) is 7.18. The van der Waals surface area contributed by atoms with Crippen LogP contribution in [0.25, 0.3) is 0 Å². The summed E-state index contributed by atoms with van der Waals surface area (Å²) in [4.78, 5) is 0. The summed E-state index contributed by atoms with van der Waals surface area (Å²) < 4.78 is -3.33. The summed E-state index contributed by atoms with van der Waals surface area (Å²) in [5, 5.41) is 0. The Morgan fingerprint density at radius 1 is 0.938 bits per heavy atom. The Hall–Kier alpha value is 0.670. The highest BCUT2D eigenvalue weighted by Crippen LogP contribution is 2.54. The number of rotatable bonds is 2. The van der Waals surface area contributed by atoms with E-state index in [1.807, 2.05) is 32.0 Å². The molecule has 0 aliphatic heterocycles. The lowest BCUT2D eigenvalue weighted by molar-refractivity contribution is 0.796. The second kappa shape index (κ2) is 5.12. The van der Waals surface area contributed by atoms with Crippen molar-refractivity contribution in [2.45, 2.75) is 27.9 Å². The predicted molar refractivity (Wildman–Crippen MR) is 74.2 cm³/mol. The van der Waals surface area contributed by atoms with Gasteiger partial charge in [-0.25, -0.2) is 0 Å². The van der Waals surface area contributed by atoms with Crippen LogP contribution in [-0.4, -0.2) is 3.79 Å². The van der Waals surface area contributed by atoms with Gasteiger partial charge in [0.25, 0.3) is 0 Å². The molecule has 0 aliphatic carbocycles. The van der Waals surface area contributed by atoms with Crippen LogP contribution in [0.1, 0.15) is 30.9 Å². The van der Waals surface area contributed by atoms with E-state index >= 15 is 0 Å². The molecule has 0 radical (unpaired) electrons. The molecule has 0 spiro atoms. The summed E-state index contributed by atoms with van der Waals surface area (Å²) in [5.41, 5.74) is 1.60. The van der Waals surface area contributed by atoms with E-state index in [1.54, 1.807) is 6.07 Å². The van der Waals surface area contributed by atoms with E-state index in [0.29, 0.717) is 5.56 Å². The second-order valence-electron chi connectivity index (χ2n) is 3.81. The van der Waals surface area contributed by atoms with Crippen molar-refractivity contribution in [2.75, 3.05) is 0 Å². The van der Waals surface area contributed by atoms with Crippen molar-refractivity contribution in [1.29, 1.82) is 0 Å². The fourth-order valence-corrected chi connectivity index (χ4v) is 2.09. The molecule has 1 aromatic carbocycles. The van der Waals surface area contributed by atoms with Gasteiger partial charge in [0, 0.05) is 0 Å². The largest absolute Gasteiger partial charge is 0.227 e. The van der Waals surface area contributed by atoms with Crippen LogP contribution in [-0.2, 0) is 4.33 Å². The highest BCUT2D eigenvalue weighted by Gasteiger charge is 2.48. The molecule has 90 valence electrons. The molecule has 0 bridgehead atoms. The molecule has 5 heteroatoms. The Labute approximate surface area is 121 Å². The lowest BCUT2D eigenvalue weighted by Crippen LogP contribution is -2.29. The zero-order valence-corrected chi connectivity index (χ0v) is 12.6. The third kappa shape index (κ3) is 2.91. The molecule has 0 aromatic heterocycles. The fraction of sp³-hybridized carbons (Fsp3) is 0.455. The van der Waals surface area contributed by atoms with Crippen LogP contribution >= 0.6 is 58.0 Å². The van der Waals surface area contributed by atoms with Crippen molar-refractivity contribution in [3.05, 3.63) is 35.4 Å². The Balaban J connectivity index is 3.33. The molecule has 0 fully saturated rings. The molecule has 0 amide bonds. The smallest absolute Gasteiger partial charge is 0.0915 e. The number of hydrogen-bond donors (Lipinski definition) is 0. The van der Waals surface area contributed by atoms with Gasteiger partial charge in [0.1, 0.15) is 0 Å². The first-order valence-electron chi connectivity index (χ1n) is 4.72. The van der Waals surface area contributed by atoms with E-state index < -0.39 is 8.13 Å². The minimum atomic E-state index is -1.78. The average molecular weight is 320 g/mol. The lowest BCUT2D eigenvalue weighted by Gasteiger charge is -2.30. The molecule has 0 heterocycles. The first-order valence-corrected chi connectivity index (χ1v) is 6.61. The van der Waals surface area contributed by atoms with Gasteiger partial charge >= 0.3 is 0 Å². The summed E-state index contributed by atoms with van der Waals surface area (Å²) in [6.45, 7) is 4.06. The Morgan fingerprint density at radius 2 is 1.44 bits per heavy atom. The molecule has 16 heavy (non-hydrogen) atoms. The van der Waals surface area contributed by atoms with Crippen LogP contribution < -0.4 is 0 Å². The third-order valence-corrected chi connectivity index (χ3v) is 4.68. The van der Waals surface area contributed by atoms with Crippen molar-refractivity contribution in [3.8, 4) is 0 Å². The number of alkyl halides is 5. The van der Waals surface area contributed by atoms with Gasteiger partial charge < -0.3 is 0 Å². The third-order valence-electron chi connectivity index (χ3n) is 2.28. The van der Waals surface area contributed by atoms with Gasteiger partial charge in [-0.2, -0.15) is 0 Å². The summed E-state index contributed by atoms with van der Waals surface area (Å²) in [5.74, 6) is 0.250. The number of hydrogen-bond acceptors (Lipinski definition) is 0. The molecule has 0 saturated heterocycles. The van der Waals surface area contributed by atoms with Crippen LogP contribution in [0, 0.1) is 0 Å². The molecule has 1 rings (SSSR count). The zero-order valence-electron chi connectivity index (χ0n) is 8.78. The molecular weight excluding hydrogens is 309 g/mol. The van der Waals surface area contributed by atoms with E-state index in [1.165, 1.54) is 0 Å². The molecule has 0 atom stereocenters. The van der Waals surface area contributed by atoms with Gasteiger partial charge in [0.15, 0.2) is 4.33 Å². The van der Waals surface area contributed by atoms with Crippen molar-refractivity contribution in [1.82, 2.24) is 0 Å². The Morgan fingerprint density at radius 3 is 1.88 bits per heavy atom. The fourth-order valence-electron chi connectivity index (χ4n) is 1.44. The monoisotopic (exact) mass is 318 g/mol. The second-order valence-corrected chi connectivity index (χ2v) is 7.42. The summed E-state index contributed by atoms with van der Waals surface area (Å²) in [6, 6.07) is 7.42. The zero-order chi connectivity index (χ0) is 12.6. The summed E-state index contributed by atoms with van der Waals surface area (Å²) >= 11 is 29.7. The van der Waals surface area contributed by atoms with Crippen LogP contribution in [0.15, 0.2) is 24.3 Å². The lowest BCUT2D eigenvalue weighted by atomic mass is 9.95. The maximum Gasteiger partial charge on any atom is 0.227 e. The highest BCUT2D eigenvalue weighted by atomic mass is 35.6. The quantitative estimate of drug-likeness (QED) is 0.603. The van der Waals surface area contributed by atoms with Crippen LogP contribution in [0.5, 0.6) is 0 Å². The standard InChI is InChI=1S/C11H11Cl5/c1-7(2)8-5-3-4-6-9(8)10(12,13)11(14,15)16/h3-7H,1-2H3. The van der Waals surface area contributed by atoms with Gasteiger partial charge in [0.05, 0.1) is 0 Å². The van der Waals surface area contributed by atoms with Crippen molar-refractivity contribution < 1.29 is 0 Å². The minimum absolute atomic E-state index is 0.250. The molecule has 0 saturated carbocycles. The van der Waals surface area contributed by atoms with Gasteiger partial charge in [-0.1, -0.05) is 96.1 Å². The highest BCUT2D eigenvalue weighted by molar-refractivity contribution is 6.75. The molecule has 0 aliphatic rings. The van der Waals surface area contributed by atoms with Crippen LogP contribution in [0.2, 0.25) is 0 Å². The molecule has 0 N–H and O–H groups in total. The van der Waals surface area contributed by atoms with Gasteiger partial charge in [-0.3, -0.25) is 0 Å². The van der Waals surface area contributed by atoms with Crippen LogP contribution in [0.4, 0.5) is 0 Å². The van der Waals surface area contributed by atoms with Gasteiger partial charge in [0.2, 0.25) is 3.79 Å². The predicted octanol–water partition coefficient (Wildman–Crippen LogP) is 5.81. The number of halogens is 5. The van der Waals surface area contributed by atoms with Crippen molar-refractivity contribution >= 4 is 58.0 Å². The minimum Gasteiger partial charge on any atom is -0.0915 e. The average Bonchev–Trinajstić information content (AvgIpc) is 2.16. The van der Waals surface area contributed by atoms with E-state index in [0.717, 1.165) is 5.56 Å². The summed E-state index contributed by atoms with van der Waals surface area (Å²) in [7, 11) is 0. The Bertz CT molecular complexity index is 365. The normalized spacial score (nSPS) is 13.2. The topological polar surface area (TPSA) is 0 Å². The van der Waals surface area contributed by atoms with Gasteiger partial charge in [-0.05, 0) is 17.0 Å². The number of benzene rings is 1. The van der Waals surface area contributed by atoms with E-state index in [9.17, 15) is 0 Å². The molecule has 0 nitrogen and oxygen atoms in total. The Kier molecular flexibility index (Phi) is 4.71. The van der Waals surface area contributed by atoms with Gasteiger partial charge in [-0.15, -0.1) is 0 Å². The first kappa shape index (κ1) is 14.7. The maximum absolute atomic E-state index is 6.16. The van der Waals surface area contributed by atoms with E-state index in [-0.39, 0.29) is 5.92 Å². The SMILES string of the molecule is CC(C)c1ccccc1C(Cl)(Cl)C(Cl)(Cl)Cl. The molecule has 0 unspecified atom stereocenters. The van der Waals surface area contributed by atoms with Crippen molar-refractivity contribution in [2.24, 2.45) is 0 Å². The van der Waals surface area contributed by atoms with E-state index in [2.05, 4.69) is 0 Å². The maximum atomic E-state index is 6.16. The van der Waals surface area contributed by atoms with Crippen LogP contribution in [0.3, 0.4) is 0 Å².